The lowest BCUT2D eigenvalue weighted by molar-refractivity contribution is 0.00600. The zero-order valence-electron chi connectivity index (χ0n) is 10.6. The van der Waals surface area contributed by atoms with Gasteiger partial charge < -0.3 is 4.74 Å². The third-order valence-corrected chi connectivity index (χ3v) is 4.92. The second kappa shape index (κ2) is 4.67. The van der Waals surface area contributed by atoms with Gasteiger partial charge in [-0.05, 0) is 26.7 Å². The van der Waals surface area contributed by atoms with Crippen LogP contribution in [0.3, 0.4) is 0 Å². The van der Waals surface area contributed by atoms with E-state index in [0.717, 1.165) is 12.5 Å². The van der Waals surface area contributed by atoms with Gasteiger partial charge in [0.05, 0.1) is 23.4 Å². The molecule has 2 aliphatic heterocycles. The number of nitrogens with zero attached hydrogens (tertiary/aromatic N) is 2. The fraction of sp³-hybridized carbons (Fsp3) is 0.769. The maximum atomic E-state index is 5.94. The molecule has 1 aromatic heterocycles. The van der Waals surface area contributed by atoms with Crippen LogP contribution in [0.15, 0.2) is 5.51 Å². The van der Waals surface area contributed by atoms with E-state index < -0.39 is 0 Å². The lowest BCUT2D eigenvalue weighted by atomic mass is 9.93. The van der Waals surface area contributed by atoms with E-state index in [1.807, 2.05) is 5.51 Å². The smallest absolute Gasteiger partial charge is 0.0798 e. The zero-order valence-corrected chi connectivity index (χ0v) is 11.4. The number of thiazole rings is 1. The fourth-order valence-electron chi connectivity index (χ4n) is 3.10. The van der Waals surface area contributed by atoms with Crippen LogP contribution in [0.5, 0.6) is 0 Å². The lowest BCUT2D eigenvalue weighted by Gasteiger charge is -2.33. The normalized spacial score (nSPS) is 33.9. The molecule has 3 atom stereocenters. The number of fused-ring (bicyclic) bond motifs is 1. The SMILES string of the molecule is Cc1ncsc1CN1CC[C@H]2O[C@@H](C)C[C@H]2C1. The van der Waals surface area contributed by atoms with Crippen LogP contribution < -0.4 is 0 Å². The van der Waals surface area contributed by atoms with E-state index in [-0.39, 0.29) is 0 Å². The van der Waals surface area contributed by atoms with E-state index in [9.17, 15) is 0 Å². The molecule has 0 N–H and O–H groups in total. The van der Waals surface area contributed by atoms with E-state index in [4.69, 9.17) is 4.74 Å². The Morgan fingerprint density at radius 3 is 3.24 bits per heavy atom. The van der Waals surface area contributed by atoms with Crippen molar-refractivity contribution < 1.29 is 4.74 Å². The van der Waals surface area contributed by atoms with Gasteiger partial charge in [0.25, 0.3) is 0 Å². The molecule has 0 radical (unpaired) electrons. The molecule has 2 saturated heterocycles. The molecule has 2 aliphatic rings. The van der Waals surface area contributed by atoms with Crippen molar-refractivity contribution in [2.24, 2.45) is 5.92 Å². The molecule has 0 saturated carbocycles. The van der Waals surface area contributed by atoms with Crippen molar-refractivity contribution in [2.45, 2.75) is 45.4 Å². The molecule has 0 amide bonds. The van der Waals surface area contributed by atoms with Crippen LogP contribution in [0, 0.1) is 12.8 Å². The van der Waals surface area contributed by atoms with E-state index >= 15 is 0 Å². The molecule has 1 aromatic rings. The van der Waals surface area contributed by atoms with Crippen molar-refractivity contribution in [3.8, 4) is 0 Å². The Labute approximate surface area is 107 Å². The fourth-order valence-corrected chi connectivity index (χ4v) is 3.91. The van der Waals surface area contributed by atoms with E-state index in [1.165, 1.54) is 36.5 Å². The van der Waals surface area contributed by atoms with Gasteiger partial charge in [-0.25, -0.2) is 4.98 Å². The Morgan fingerprint density at radius 1 is 1.59 bits per heavy atom. The third kappa shape index (κ3) is 2.39. The molecule has 2 fully saturated rings. The molecular formula is C13H20N2OS. The van der Waals surface area contributed by atoms with Crippen molar-refractivity contribution in [2.75, 3.05) is 13.1 Å². The minimum absolute atomic E-state index is 0.468. The number of likely N-dealkylation sites (tertiary alicyclic amines) is 1. The number of piperidine rings is 1. The van der Waals surface area contributed by atoms with Gasteiger partial charge in [0, 0.05) is 30.4 Å². The molecule has 17 heavy (non-hydrogen) atoms. The maximum absolute atomic E-state index is 5.94. The summed E-state index contributed by atoms with van der Waals surface area (Å²) < 4.78 is 5.94. The summed E-state index contributed by atoms with van der Waals surface area (Å²) >= 11 is 1.78. The van der Waals surface area contributed by atoms with Gasteiger partial charge in [0.15, 0.2) is 0 Å². The predicted octanol–water partition coefficient (Wildman–Crippen LogP) is 2.45. The van der Waals surface area contributed by atoms with Crippen LogP contribution in [0.4, 0.5) is 0 Å². The first kappa shape index (κ1) is 11.6. The van der Waals surface area contributed by atoms with Gasteiger partial charge in [-0.1, -0.05) is 0 Å². The minimum Gasteiger partial charge on any atom is -0.375 e. The summed E-state index contributed by atoms with van der Waals surface area (Å²) in [5.74, 6) is 0.756. The molecule has 3 heterocycles. The molecule has 3 rings (SSSR count). The van der Waals surface area contributed by atoms with Crippen LogP contribution >= 0.6 is 11.3 Å². The summed E-state index contributed by atoms with van der Waals surface area (Å²) in [4.78, 5) is 8.33. The highest BCUT2D eigenvalue weighted by molar-refractivity contribution is 7.09. The van der Waals surface area contributed by atoms with Gasteiger partial charge in [-0.2, -0.15) is 0 Å². The summed E-state index contributed by atoms with van der Waals surface area (Å²) in [5, 5.41) is 0. The number of aryl methyl sites for hydroxylation is 1. The molecule has 0 unspecified atom stereocenters. The Hall–Kier alpha value is -0.450. The van der Waals surface area contributed by atoms with Gasteiger partial charge in [0.2, 0.25) is 0 Å². The van der Waals surface area contributed by atoms with Crippen molar-refractivity contribution in [3.05, 3.63) is 16.1 Å². The third-order valence-electron chi connectivity index (χ3n) is 4.00. The summed E-state index contributed by atoms with van der Waals surface area (Å²) in [5.41, 5.74) is 3.16. The largest absolute Gasteiger partial charge is 0.375 e. The lowest BCUT2D eigenvalue weighted by Crippen LogP contribution is -2.40. The minimum atomic E-state index is 0.468. The van der Waals surface area contributed by atoms with Crippen LogP contribution in [-0.2, 0) is 11.3 Å². The van der Waals surface area contributed by atoms with Crippen molar-refractivity contribution >= 4 is 11.3 Å². The highest BCUT2D eigenvalue weighted by Gasteiger charge is 2.37. The van der Waals surface area contributed by atoms with Crippen LogP contribution in [0.25, 0.3) is 0 Å². The second-order valence-corrected chi connectivity index (χ2v) is 6.30. The molecule has 4 heteroatoms. The topological polar surface area (TPSA) is 25.4 Å². The van der Waals surface area contributed by atoms with E-state index in [2.05, 4.69) is 23.7 Å². The number of hydrogen-bond acceptors (Lipinski definition) is 4. The first-order valence-corrected chi connectivity index (χ1v) is 7.37. The first-order valence-electron chi connectivity index (χ1n) is 6.49. The first-order chi connectivity index (χ1) is 8.22. The van der Waals surface area contributed by atoms with Gasteiger partial charge in [0.1, 0.15) is 0 Å². The quantitative estimate of drug-likeness (QED) is 0.808. The number of hydrogen-bond donors (Lipinski definition) is 0. The Kier molecular flexibility index (Phi) is 3.19. The Balaban J connectivity index is 1.61. The van der Waals surface area contributed by atoms with Crippen molar-refractivity contribution in [1.82, 2.24) is 9.88 Å². The molecular weight excluding hydrogens is 232 g/mol. The highest BCUT2D eigenvalue weighted by Crippen LogP contribution is 2.33. The van der Waals surface area contributed by atoms with Crippen molar-refractivity contribution in [3.63, 3.8) is 0 Å². The Morgan fingerprint density at radius 2 is 2.47 bits per heavy atom. The van der Waals surface area contributed by atoms with Gasteiger partial charge >= 0.3 is 0 Å². The maximum Gasteiger partial charge on any atom is 0.0798 e. The zero-order chi connectivity index (χ0) is 11.8. The van der Waals surface area contributed by atoms with Gasteiger partial charge in [-0.3, -0.25) is 4.90 Å². The van der Waals surface area contributed by atoms with Crippen LogP contribution in [-0.4, -0.2) is 35.2 Å². The van der Waals surface area contributed by atoms with E-state index in [1.54, 1.807) is 11.3 Å². The number of rotatable bonds is 2. The average Bonchev–Trinajstić information content (AvgIpc) is 2.84. The highest BCUT2D eigenvalue weighted by atomic mass is 32.1. The van der Waals surface area contributed by atoms with Crippen molar-refractivity contribution in [1.29, 1.82) is 0 Å². The standard InChI is InChI=1S/C13H20N2OS/c1-9-5-11-6-15(4-3-12(11)16-9)7-13-10(2)14-8-17-13/h8-9,11-12H,3-7H2,1-2H3/t9-,11-,12+/m0/s1. The summed E-state index contributed by atoms with van der Waals surface area (Å²) in [7, 11) is 0. The molecule has 0 bridgehead atoms. The van der Waals surface area contributed by atoms with Gasteiger partial charge in [-0.15, -0.1) is 11.3 Å². The molecule has 0 aromatic carbocycles. The molecule has 3 nitrogen and oxygen atoms in total. The molecule has 0 spiro atoms. The predicted molar refractivity (Wildman–Crippen MR) is 69.2 cm³/mol. The average molecular weight is 252 g/mol. The summed E-state index contributed by atoms with van der Waals surface area (Å²) in [6, 6.07) is 0. The summed E-state index contributed by atoms with van der Waals surface area (Å²) in [6.45, 7) is 7.76. The number of ether oxygens (including phenoxy) is 1. The van der Waals surface area contributed by atoms with E-state index in [0.29, 0.717) is 12.2 Å². The Bertz CT molecular complexity index is 393. The van der Waals surface area contributed by atoms with Crippen LogP contribution in [0.2, 0.25) is 0 Å². The molecule has 0 aliphatic carbocycles. The summed E-state index contributed by atoms with van der Waals surface area (Å²) in [6.07, 6.45) is 3.44. The monoisotopic (exact) mass is 252 g/mol. The number of aromatic nitrogens is 1. The second-order valence-electron chi connectivity index (χ2n) is 5.37. The molecule has 94 valence electrons. The van der Waals surface area contributed by atoms with Crippen LogP contribution in [0.1, 0.15) is 30.3 Å².